The Balaban J connectivity index is 2.66. The topological polar surface area (TPSA) is 22.1 Å². The molecule has 3 heteroatoms. The average molecular weight is 250 g/mol. The number of pyridine rings is 1. The molecule has 2 nitrogen and oxygen atoms in total. The van der Waals surface area contributed by atoms with E-state index in [1.54, 1.807) is 7.11 Å². The van der Waals surface area contributed by atoms with Gasteiger partial charge in [0.1, 0.15) is 5.75 Å². The molecule has 0 aliphatic carbocycles. The van der Waals surface area contributed by atoms with Crippen LogP contribution in [-0.4, -0.2) is 12.1 Å². The fourth-order valence-electron chi connectivity index (χ4n) is 1.72. The van der Waals surface area contributed by atoms with Crippen LogP contribution in [0.25, 0.3) is 10.9 Å². The SMILES string of the molecule is COc1ccc2nc(C(C)(C)C)ccc2c1Cl. The van der Waals surface area contributed by atoms with Crippen LogP contribution in [-0.2, 0) is 5.41 Å². The molecule has 0 fully saturated rings. The second-order valence-electron chi connectivity index (χ2n) is 5.09. The van der Waals surface area contributed by atoms with E-state index in [2.05, 4.69) is 25.8 Å². The Kier molecular flexibility index (Phi) is 3.00. The summed E-state index contributed by atoms with van der Waals surface area (Å²) < 4.78 is 5.19. The number of ether oxygens (including phenoxy) is 1. The molecule has 0 atom stereocenters. The quantitative estimate of drug-likeness (QED) is 0.756. The Hall–Kier alpha value is -1.28. The third-order valence-electron chi connectivity index (χ3n) is 2.76. The number of hydrogen-bond acceptors (Lipinski definition) is 2. The van der Waals surface area contributed by atoms with E-state index in [-0.39, 0.29) is 5.41 Å². The van der Waals surface area contributed by atoms with Crippen molar-refractivity contribution in [3.8, 4) is 5.75 Å². The maximum Gasteiger partial charge on any atom is 0.138 e. The van der Waals surface area contributed by atoms with Crippen LogP contribution in [0.3, 0.4) is 0 Å². The van der Waals surface area contributed by atoms with E-state index in [0.29, 0.717) is 10.8 Å². The maximum absolute atomic E-state index is 6.24. The number of aromatic nitrogens is 1. The lowest BCUT2D eigenvalue weighted by Gasteiger charge is -2.18. The summed E-state index contributed by atoms with van der Waals surface area (Å²) in [6.45, 7) is 6.44. The average Bonchev–Trinajstić information content (AvgIpc) is 2.28. The van der Waals surface area contributed by atoms with Gasteiger partial charge in [-0.25, -0.2) is 0 Å². The zero-order valence-electron chi connectivity index (χ0n) is 10.5. The molecule has 0 saturated carbocycles. The number of halogens is 1. The molecule has 0 N–H and O–H groups in total. The van der Waals surface area contributed by atoms with Gasteiger partial charge in [0.25, 0.3) is 0 Å². The van der Waals surface area contributed by atoms with Crippen LogP contribution < -0.4 is 4.74 Å². The second kappa shape index (κ2) is 4.19. The van der Waals surface area contributed by atoms with Crippen LogP contribution in [0.15, 0.2) is 24.3 Å². The number of hydrogen-bond donors (Lipinski definition) is 0. The summed E-state index contributed by atoms with van der Waals surface area (Å²) in [5, 5.41) is 1.55. The number of rotatable bonds is 1. The molecule has 0 spiro atoms. The highest BCUT2D eigenvalue weighted by Gasteiger charge is 2.16. The van der Waals surface area contributed by atoms with Gasteiger partial charge in [0.2, 0.25) is 0 Å². The molecular formula is C14H16ClNO. The summed E-state index contributed by atoms with van der Waals surface area (Å²) in [4.78, 5) is 4.64. The van der Waals surface area contributed by atoms with Crippen molar-refractivity contribution < 1.29 is 4.74 Å². The van der Waals surface area contributed by atoms with Crippen LogP contribution in [0.2, 0.25) is 5.02 Å². The molecule has 17 heavy (non-hydrogen) atoms. The minimum absolute atomic E-state index is 0.0423. The molecule has 2 aromatic rings. The van der Waals surface area contributed by atoms with Gasteiger partial charge in [-0.15, -0.1) is 0 Å². The van der Waals surface area contributed by atoms with Crippen molar-refractivity contribution in [1.29, 1.82) is 0 Å². The van der Waals surface area contributed by atoms with Gasteiger partial charge in [-0.2, -0.15) is 0 Å². The zero-order chi connectivity index (χ0) is 12.6. The third-order valence-corrected chi connectivity index (χ3v) is 3.15. The van der Waals surface area contributed by atoms with Crippen LogP contribution in [0.1, 0.15) is 26.5 Å². The largest absolute Gasteiger partial charge is 0.495 e. The van der Waals surface area contributed by atoms with Gasteiger partial charge >= 0.3 is 0 Å². The van der Waals surface area contributed by atoms with E-state index < -0.39 is 0 Å². The Morgan fingerprint density at radius 3 is 2.41 bits per heavy atom. The van der Waals surface area contributed by atoms with E-state index in [1.165, 1.54) is 0 Å². The molecule has 0 amide bonds. The van der Waals surface area contributed by atoms with Gasteiger partial charge in [-0.1, -0.05) is 32.4 Å². The summed E-state index contributed by atoms with van der Waals surface area (Å²) in [6, 6.07) is 7.82. The van der Waals surface area contributed by atoms with E-state index in [0.717, 1.165) is 16.6 Å². The van der Waals surface area contributed by atoms with Crippen LogP contribution in [0.5, 0.6) is 5.75 Å². The van der Waals surface area contributed by atoms with Gasteiger partial charge in [-0.05, 0) is 24.3 Å². The van der Waals surface area contributed by atoms with Crippen LogP contribution in [0.4, 0.5) is 0 Å². The van der Waals surface area contributed by atoms with E-state index in [4.69, 9.17) is 16.3 Å². The fraction of sp³-hybridized carbons (Fsp3) is 0.357. The number of benzene rings is 1. The van der Waals surface area contributed by atoms with E-state index in [1.807, 2.05) is 24.3 Å². The van der Waals surface area contributed by atoms with Gasteiger partial charge in [-0.3, -0.25) is 4.98 Å². The monoisotopic (exact) mass is 249 g/mol. The van der Waals surface area contributed by atoms with Crippen molar-refractivity contribution in [3.05, 3.63) is 35.0 Å². The Bertz CT molecular complexity index is 558. The first-order chi connectivity index (χ1) is 7.93. The number of fused-ring (bicyclic) bond motifs is 1. The lowest BCUT2D eigenvalue weighted by Crippen LogP contribution is -2.13. The maximum atomic E-state index is 6.24. The Labute approximate surface area is 107 Å². The van der Waals surface area contributed by atoms with Crippen molar-refractivity contribution in [2.45, 2.75) is 26.2 Å². The van der Waals surface area contributed by atoms with Gasteiger partial charge < -0.3 is 4.74 Å². The molecule has 0 saturated heterocycles. The van der Waals surface area contributed by atoms with Crippen molar-refractivity contribution in [1.82, 2.24) is 4.98 Å². The molecule has 2 rings (SSSR count). The number of nitrogens with zero attached hydrogens (tertiary/aromatic N) is 1. The highest BCUT2D eigenvalue weighted by molar-refractivity contribution is 6.36. The summed E-state index contributed by atoms with van der Waals surface area (Å²) in [6.07, 6.45) is 0. The molecule has 1 heterocycles. The first-order valence-corrected chi connectivity index (χ1v) is 5.95. The van der Waals surface area contributed by atoms with Crippen molar-refractivity contribution in [2.24, 2.45) is 0 Å². The van der Waals surface area contributed by atoms with E-state index >= 15 is 0 Å². The Morgan fingerprint density at radius 1 is 1.12 bits per heavy atom. The van der Waals surface area contributed by atoms with Crippen molar-refractivity contribution in [2.75, 3.05) is 7.11 Å². The number of methoxy groups -OCH3 is 1. The van der Waals surface area contributed by atoms with Gasteiger partial charge in [0, 0.05) is 16.5 Å². The van der Waals surface area contributed by atoms with Crippen LogP contribution in [0, 0.1) is 0 Å². The Morgan fingerprint density at radius 2 is 1.82 bits per heavy atom. The highest BCUT2D eigenvalue weighted by atomic mass is 35.5. The molecule has 90 valence electrons. The molecule has 0 unspecified atom stereocenters. The standard InChI is InChI=1S/C14H16ClNO/c1-14(2,3)12-8-5-9-10(16-12)6-7-11(17-4)13(9)15/h5-8H,1-4H3. The predicted octanol–water partition coefficient (Wildman–Crippen LogP) is 4.19. The normalized spacial score (nSPS) is 11.8. The first-order valence-electron chi connectivity index (χ1n) is 5.57. The minimum atomic E-state index is 0.0423. The molecule has 0 radical (unpaired) electrons. The zero-order valence-corrected chi connectivity index (χ0v) is 11.3. The molecule has 1 aromatic heterocycles. The van der Waals surface area contributed by atoms with Crippen LogP contribution >= 0.6 is 11.6 Å². The van der Waals surface area contributed by atoms with Gasteiger partial charge in [0.15, 0.2) is 0 Å². The summed E-state index contributed by atoms with van der Waals surface area (Å²) in [5.74, 6) is 0.685. The van der Waals surface area contributed by atoms with E-state index in [9.17, 15) is 0 Å². The van der Waals surface area contributed by atoms with Crippen molar-refractivity contribution >= 4 is 22.5 Å². The fourth-order valence-corrected chi connectivity index (χ4v) is 2.02. The first kappa shape index (κ1) is 12.2. The third kappa shape index (κ3) is 2.22. The molecular weight excluding hydrogens is 234 g/mol. The lowest BCUT2D eigenvalue weighted by atomic mass is 9.91. The molecule has 0 aliphatic heterocycles. The predicted molar refractivity (Wildman–Crippen MR) is 72.0 cm³/mol. The summed E-state index contributed by atoms with van der Waals surface area (Å²) in [5.41, 5.74) is 2.01. The molecule has 0 aliphatic rings. The molecule has 1 aromatic carbocycles. The van der Waals surface area contributed by atoms with Crippen molar-refractivity contribution in [3.63, 3.8) is 0 Å². The lowest BCUT2D eigenvalue weighted by molar-refractivity contribution is 0.415. The summed E-state index contributed by atoms with van der Waals surface area (Å²) >= 11 is 6.24. The smallest absolute Gasteiger partial charge is 0.138 e. The second-order valence-corrected chi connectivity index (χ2v) is 5.47. The van der Waals surface area contributed by atoms with Gasteiger partial charge in [0.05, 0.1) is 17.6 Å². The summed E-state index contributed by atoms with van der Waals surface area (Å²) in [7, 11) is 1.62. The molecule has 0 bridgehead atoms. The minimum Gasteiger partial charge on any atom is -0.495 e. The highest BCUT2D eigenvalue weighted by Crippen LogP contribution is 2.33.